The quantitative estimate of drug-likeness (QED) is 0.804. The first-order valence-electron chi connectivity index (χ1n) is 7.48. The molecule has 0 aliphatic heterocycles. The number of ether oxygens (including phenoxy) is 1. The molecule has 2 aromatic heterocycles. The number of pyridine rings is 1. The number of amides is 1. The molecular weight excluding hydrogens is 290 g/mol. The van der Waals surface area contributed by atoms with E-state index < -0.39 is 0 Å². The van der Waals surface area contributed by atoms with E-state index in [1.54, 1.807) is 0 Å². The van der Waals surface area contributed by atoms with Crippen LogP contribution in [0.1, 0.15) is 17.0 Å². The number of fused-ring (bicyclic) bond motifs is 1. The highest BCUT2D eigenvalue weighted by molar-refractivity contribution is 5.95. The fourth-order valence-electron chi connectivity index (χ4n) is 2.37. The van der Waals surface area contributed by atoms with Crippen LogP contribution in [-0.4, -0.2) is 21.9 Å². The molecule has 0 saturated carbocycles. The first-order valence-corrected chi connectivity index (χ1v) is 7.48. The van der Waals surface area contributed by atoms with Gasteiger partial charge in [-0.15, -0.1) is 0 Å². The number of nitrogens with one attached hydrogen (secondary N) is 1. The van der Waals surface area contributed by atoms with E-state index in [2.05, 4.69) is 10.3 Å². The van der Waals surface area contributed by atoms with E-state index in [1.165, 1.54) is 0 Å². The van der Waals surface area contributed by atoms with Crippen LogP contribution in [0, 0.1) is 20.8 Å². The Bertz CT molecular complexity index is 851. The lowest BCUT2D eigenvalue weighted by atomic mass is 10.2. The molecule has 2 heterocycles. The molecule has 3 aromatic rings. The Morgan fingerprint density at radius 1 is 1.17 bits per heavy atom. The number of carbonyl (C=O) groups excluding carboxylic acids is 1. The molecule has 3 rings (SSSR count). The average molecular weight is 309 g/mol. The normalized spacial score (nSPS) is 10.7. The van der Waals surface area contributed by atoms with Crippen LogP contribution in [0.5, 0.6) is 5.75 Å². The molecule has 0 radical (unpaired) electrons. The molecule has 0 atom stereocenters. The maximum absolute atomic E-state index is 12.1. The number of anilines is 1. The fraction of sp³-hybridized carbons (Fsp3) is 0.222. The number of rotatable bonds is 4. The summed E-state index contributed by atoms with van der Waals surface area (Å²) in [6.45, 7) is 5.92. The van der Waals surface area contributed by atoms with Crippen LogP contribution in [-0.2, 0) is 4.79 Å². The van der Waals surface area contributed by atoms with Crippen LogP contribution in [0.3, 0.4) is 0 Å². The lowest BCUT2D eigenvalue weighted by Gasteiger charge is -2.09. The van der Waals surface area contributed by atoms with Gasteiger partial charge in [-0.2, -0.15) is 0 Å². The summed E-state index contributed by atoms with van der Waals surface area (Å²) in [7, 11) is 0. The fourth-order valence-corrected chi connectivity index (χ4v) is 2.37. The standard InChI is InChI=1S/C18H19N3O2/c1-12-6-8-15(9-7-12)23-11-17(22)20-16-5-4-10-21-14(3)13(2)19-18(16)21/h4-10H,11H2,1-3H3,(H,20,22). The van der Waals surface area contributed by atoms with E-state index in [1.807, 2.05) is 67.8 Å². The van der Waals surface area contributed by atoms with Gasteiger partial charge in [-0.1, -0.05) is 17.7 Å². The molecule has 5 nitrogen and oxygen atoms in total. The van der Waals surface area contributed by atoms with E-state index in [0.717, 1.165) is 22.6 Å². The predicted molar refractivity (Wildman–Crippen MR) is 90.0 cm³/mol. The van der Waals surface area contributed by atoms with Crippen LogP contribution in [0.4, 0.5) is 5.69 Å². The Morgan fingerprint density at radius 2 is 1.91 bits per heavy atom. The van der Waals surface area contributed by atoms with Gasteiger partial charge in [0.15, 0.2) is 12.3 Å². The first kappa shape index (κ1) is 15.1. The Hall–Kier alpha value is -2.82. The SMILES string of the molecule is Cc1ccc(OCC(=O)Nc2cccn3c(C)c(C)nc23)cc1. The van der Waals surface area contributed by atoms with Crippen molar-refractivity contribution in [2.24, 2.45) is 0 Å². The third-order valence-corrected chi connectivity index (χ3v) is 3.79. The summed E-state index contributed by atoms with van der Waals surface area (Å²) in [5, 5.41) is 2.86. The van der Waals surface area contributed by atoms with E-state index in [9.17, 15) is 4.79 Å². The molecular formula is C18H19N3O2. The van der Waals surface area contributed by atoms with E-state index in [4.69, 9.17) is 4.74 Å². The van der Waals surface area contributed by atoms with Gasteiger partial charge in [0, 0.05) is 11.9 Å². The first-order chi connectivity index (χ1) is 11.0. The van der Waals surface area contributed by atoms with E-state index in [-0.39, 0.29) is 12.5 Å². The Balaban J connectivity index is 1.70. The van der Waals surface area contributed by atoms with E-state index in [0.29, 0.717) is 11.4 Å². The molecule has 0 unspecified atom stereocenters. The Labute approximate surface area is 134 Å². The summed E-state index contributed by atoms with van der Waals surface area (Å²) >= 11 is 0. The molecule has 118 valence electrons. The number of nitrogens with zero attached hydrogens (tertiary/aromatic N) is 2. The number of benzene rings is 1. The average Bonchev–Trinajstić information content (AvgIpc) is 2.83. The number of hydrogen-bond donors (Lipinski definition) is 1. The molecule has 0 saturated heterocycles. The van der Waals surface area contributed by atoms with Crippen LogP contribution in [0.2, 0.25) is 0 Å². The highest BCUT2D eigenvalue weighted by Crippen LogP contribution is 2.19. The van der Waals surface area contributed by atoms with Crippen molar-refractivity contribution in [2.45, 2.75) is 20.8 Å². The van der Waals surface area contributed by atoms with Crippen molar-refractivity contribution < 1.29 is 9.53 Å². The summed E-state index contributed by atoms with van der Waals surface area (Å²) in [6.07, 6.45) is 1.93. The van der Waals surface area contributed by atoms with Gasteiger partial charge in [0.25, 0.3) is 5.91 Å². The van der Waals surface area contributed by atoms with Crippen molar-refractivity contribution in [1.29, 1.82) is 0 Å². The number of carbonyl (C=O) groups is 1. The van der Waals surface area contributed by atoms with Crippen LogP contribution >= 0.6 is 0 Å². The molecule has 0 fully saturated rings. The molecule has 0 aliphatic rings. The third kappa shape index (κ3) is 3.18. The minimum absolute atomic E-state index is 0.0389. The van der Waals surface area contributed by atoms with Gasteiger partial charge in [-0.25, -0.2) is 4.98 Å². The van der Waals surface area contributed by atoms with E-state index >= 15 is 0 Å². The summed E-state index contributed by atoms with van der Waals surface area (Å²) in [6, 6.07) is 11.3. The Morgan fingerprint density at radius 3 is 2.65 bits per heavy atom. The van der Waals surface area contributed by atoms with Crippen LogP contribution < -0.4 is 10.1 Å². The summed E-state index contributed by atoms with van der Waals surface area (Å²) in [5.74, 6) is 0.466. The highest BCUT2D eigenvalue weighted by atomic mass is 16.5. The van der Waals surface area contributed by atoms with Crippen LogP contribution in [0.15, 0.2) is 42.6 Å². The molecule has 1 N–H and O–H groups in total. The highest BCUT2D eigenvalue weighted by Gasteiger charge is 2.11. The van der Waals surface area contributed by atoms with Crippen molar-refractivity contribution in [3.05, 3.63) is 59.5 Å². The monoisotopic (exact) mass is 309 g/mol. The Kier molecular flexibility index (Phi) is 4.02. The van der Waals surface area contributed by atoms with Gasteiger partial charge >= 0.3 is 0 Å². The predicted octanol–water partition coefficient (Wildman–Crippen LogP) is 3.28. The van der Waals surface area contributed by atoms with Crippen molar-refractivity contribution in [1.82, 2.24) is 9.38 Å². The number of aryl methyl sites for hydroxylation is 3. The third-order valence-electron chi connectivity index (χ3n) is 3.79. The molecule has 1 aromatic carbocycles. The maximum atomic E-state index is 12.1. The second-order valence-corrected chi connectivity index (χ2v) is 5.55. The lowest BCUT2D eigenvalue weighted by molar-refractivity contribution is -0.118. The second-order valence-electron chi connectivity index (χ2n) is 5.55. The van der Waals surface area contributed by atoms with Crippen molar-refractivity contribution in [2.75, 3.05) is 11.9 Å². The van der Waals surface area contributed by atoms with Gasteiger partial charge in [0.05, 0.1) is 11.4 Å². The summed E-state index contributed by atoms with van der Waals surface area (Å²) < 4.78 is 7.46. The van der Waals surface area contributed by atoms with Crippen molar-refractivity contribution >= 4 is 17.2 Å². The van der Waals surface area contributed by atoms with Crippen molar-refractivity contribution in [3.63, 3.8) is 0 Å². The van der Waals surface area contributed by atoms with Crippen LogP contribution in [0.25, 0.3) is 5.65 Å². The molecule has 0 aliphatic carbocycles. The molecule has 1 amide bonds. The summed E-state index contributed by atoms with van der Waals surface area (Å²) in [4.78, 5) is 16.6. The van der Waals surface area contributed by atoms with Gasteiger partial charge < -0.3 is 14.5 Å². The maximum Gasteiger partial charge on any atom is 0.262 e. The molecule has 5 heteroatoms. The summed E-state index contributed by atoms with van der Waals surface area (Å²) in [5.41, 5.74) is 4.58. The number of hydrogen-bond acceptors (Lipinski definition) is 3. The van der Waals surface area contributed by atoms with Gasteiger partial charge in [0.2, 0.25) is 0 Å². The zero-order valence-electron chi connectivity index (χ0n) is 13.5. The number of imidazole rings is 1. The zero-order valence-corrected chi connectivity index (χ0v) is 13.5. The van der Waals surface area contributed by atoms with Gasteiger partial charge in [0.1, 0.15) is 5.75 Å². The zero-order chi connectivity index (χ0) is 16.4. The molecule has 0 bridgehead atoms. The molecule has 23 heavy (non-hydrogen) atoms. The minimum atomic E-state index is -0.211. The lowest BCUT2D eigenvalue weighted by Crippen LogP contribution is -2.20. The largest absolute Gasteiger partial charge is 0.484 e. The van der Waals surface area contributed by atoms with Crippen molar-refractivity contribution in [3.8, 4) is 5.75 Å². The second kappa shape index (κ2) is 6.12. The number of aromatic nitrogens is 2. The van der Waals surface area contributed by atoms with Gasteiger partial charge in [-0.3, -0.25) is 4.79 Å². The minimum Gasteiger partial charge on any atom is -0.484 e. The van der Waals surface area contributed by atoms with Gasteiger partial charge in [-0.05, 0) is 45.0 Å². The molecule has 0 spiro atoms. The smallest absolute Gasteiger partial charge is 0.262 e. The topological polar surface area (TPSA) is 55.6 Å².